The fourth-order valence-electron chi connectivity index (χ4n) is 1.43. The zero-order valence-electron chi connectivity index (χ0n) is 9.40. The number of carbonyl (C=O) groups excluding carboxylic acids is 2. The number of alkyl halides is 1. The number of ketones is 1. The fraction of sp³-hybridized carbons (Fsp3) is 0.333. The molecule has 0 amide bonds. The average molecular weight is 257 g/mol. The summed E-state index contributed by atoms with van der Waals surface area (Å²) in [6.45, 7) is 1.87. The summed E-state index contributed by atoms with van der Waals surface area (Å²) >= 11 is 5.41. The minimum absolute atomic E-state index is 0.00600. The van der Waals surface area contributed by atoms with E-state index in [9.17, 15) is 14.7 Å². The van der Waals surface area contributed by atoms with Crippen molar-refractivity contribution in [3.05, 3.63) is 29.3 Å². The smallest absolute Gasteiger partial charge is 0.342 e. The molecule has 0 saturated heterocycles. The number of aromatic hydroxyl groups is 1. The molecular weight excluding hydrogens is 244 g/mol. The van der Waals surface area contributed by atoms with Crippen molar-refractivity contribution >= 4 is 23.4 Å². The second kappa shape index (κ2) is 6.25. The Hall–Kier alpha value is -1.55. The maximum absolute atomic E-state index is 11.6. The van der Waals surface area contributed by atoms with E-state index >= 15 is 0 Å². The molecule has 92 valence electrons. The third-order valence-corrected chi connectivity index (χ3v) is 2.44. The Morgan fingerprint density at radius 3 is 2.71 bits per heavy atom. The van der Waals surface area contributed by atoms with E-state index in [0.717, 1.165) is 0 Å². The number of phenolic OH excluding ortho intramolecular Hbond substituents is 1. The predicted octanol–water partition coefficient (Wildman–Crippen LogP) is 1.92. The molecule has 0 saturated carbocycles. The number of ether oxygens (including phenoxy) is 1. The van der Waals surface area contributed by atoms with E-state index in [1.807, 2.05) is 0 Å². The van der Waals surface area contributed by atoms with Gasteiger partial charge in [-0.2, -0.15) is 0 Å². The number of benzene rings is 1. The van der Waals surface area contributed by atoms with E-state index in [4.69, 9.17) is 16.3 Å². The van der Waals surface area contributed by atoms with Gasteiger partial charge in [0, 0.05) is 6.42 Å². The van der Waals surface area contributed by atoms with Gasteiger partial charge in [0.1, 0.15) is 11.3 Å². The van der Waals surface area contributed by atoms with Crippen LogP contribution in [0.5, 0.6) is 5.75 Å². The first-order valence-electron chi connectivity index (χ1n) is 5.15. The fourth-order valence-corrected chi connectivity index (χ4v) is 1.53. The van der Waals surface area contributed by atoms with Gasteiger partial charge in [0.15, 0.2) is 5.78 Å². The summed E-state index contributed by atoms with van der Waals surface area (Å²) in [5, 5.41) is 9.63. The van der Waals surface area contributed by atoms with E-state index in [1.54, 1.807) is 19.1 Å². The highest BCUT2D eigenvalue weighted by molar-refractivity contribution is 6.27. The van der Waals surface area contributed by atoms with Gasteiger partial charge in [-0.3, -0.25) is 4.79 Å². The Labute approximate surface area is 104 Å². The molecule has 0 bridgehead atoms. The van der Waals surface area contributed by atoms with Gasteiger partial charge in [0.25, 0.3) is 0 Å². The highest BCUT2D eigenvalue weighted by atomic mass is 35.5. The molecule has 0 aromatic heterocycles. The van der Waals surface area contributed by atoms with Crippen LogP contribution in [0.15, 0.2) is 18.2 Å². The molecule has 0 heterocycles. The van der Waals surface area contributed by atoms with Crippen molar-refractivity contribution in [3.8, 4) is 5.75 Å². The van der Waals surface area contributed by atoms with E-state index in [1.165, 1.54) is 6.07 Å². The van der Waals surface area contributed by atoms with E-state index in [-0.39, 0.29) is 36.0 Å². The van der Waals surface area contributed by atoms with Gasteiger partial charge in [0.2, 0.25) is 0 Å². The highest BCUT2D eigenvalue weighted by Crippen LogP contribution is 2.22. The normalized spacial score (nSPS) is 10.0. The van der Waals surface area contributed by atoms with Crippen LogP contribution in [0.3, 0.4) is 0 Å². The molecule has 0 spiro atoms. The second-order valence-corrected chi connectivity index (χ2v) is 3.65. The molecular formula is C12H13ClO4. The van der Waals surface area contributed by atoms with Crippen LogP contribution in [0.25, 0.3) is 0 Å². The molecule has 5 heteroatoms. The quantitative estimate of drug-likeness (QED) is 0.646. The van der Waals surface area contributed by atoms with Gasteiger partial charge in [0.05, 0.1) is 12.5 Å². The van der Waals surface area contributed by atoms with Crippen LogP contribution in [0.4, 0.5) is 0 Å². The molecule has 1 rings (SSSR count). The van der Waals surface area contributed by atoms with Crippen molar-refractivity contribution < 1.29 is 19.4 Å². The topological polar surface area (TPSA) is 63.6 Å². The molecule has 0 atom stereocenters. The van der Waals surface area contributed by atoms with Crippen molar-refractivity contribution in [1.29, 1.82) is 0 Å². The first-order valence-corrected chi connectivity index (χ1v) is 5.69. The summed E-state index contributed by atoms with van der Waals surface area (Å²) in [4.78, 5) is 22.9. The number of halogens is 1. The molecule has 17 heavy (non-hydrogen) atoms. The van der Waals surface area contributed by atoms with Crippen molar-refractivity contribution in [2.75, 3.05) is 12.5 Å². The Morgan fingerprint density at radius 2 is 2.12 bits per heavy atom. The first-order chi connectivity index (χ1) is 8.10. The maximum Gasteiger partial charge on any atom is 0.342 e. The van der Waals surface area contributed by atoms with Crippen LogP contribution >= 0.6 is 11.6 Å². The molecule has 4 nitrogen and oxygen atoms in total. The molecule has 1 N–H and O–H groups in total. The average Bonchev–Trinajstić information content (AvgIpc) is 2.29. The lowest BCUT2D eigenvalue weighted by atomic mass is 10.0. The van der Waals surface area contributed by atoms with Crippen molar-refractivity contribution in [3.63, 3.8) is 0 Å². The molecule has 1 aromatic rings. The lowest BCUT2D eigenvalue weighted by molar-refractivity contribution is -0.116. The number of phenols is 1. The third kappa shape index (κ3) is 3.46. The summed E-state index contributed by atoms with van der Waals surface area (Å²) in [6, 6.07) is 4.53. The Kier molecular flexibility index (Phi) is 4.97. The molecule has 0 aliphatic heterocycles. The minimum atomic E-state index is -0.636. The van der Waals surface area contributed by atoms with E-state index < -0.39 is 5.97 Å². The minimum Gasteiger partial charge on any atom is -0.507 e. The second-order valence-electron chi connectivity index (χ2n) is 3.38. The van der Waals surface area contributed by atoms with Gasteiger partial charge in [-0.05, 0) is 18.6 Å². The van der Waals surface area contributed by atoms with Gasteiger partial charge in [-0.25, -0.2) is 4.79 Å². The standard InChI is InChI=1S/C12H13ClO4/c1-2-17-12(16)11-8(6-9(14)7-13)4-3-5-10(11)15/h3-5,15H,2,6-7H2,1H3. The van der Waals surface area contributed by atoms with E-state index in [0.29, 0.717) is 5.56 Å². The molecule has 0 radical (unpaired) electrons. The van der Waals surface area contributed by atoms with Crippen LogP contribution in [0.1, 0.15) is 22.8 Å². The monoisotopic (exact) mass is 256 g/mol. The molecule has 0 aliphatic rings. The van der Waals surface area contributed by atoms with Gasteiger partial charge < -0.3 is 9.84 Å². The molecule has 0 fully saturated rings. The first kappa shape index (κ1) is 13.5. The number of hydrogen-bond donors (Lipinski definition) is 1. The number of rotatable bonds is 5. The summed E-state index contributed by atoms with van der Waals surface area (Å²) in [5.74, 6) is -1.17. The lowest BCUT2D eigenvalue weighted by Crippen LogP contribution is -2.12. The number of hydrogen-bond acceptors (Lipinski definition) is 4. The predicted molar refractivity (Wildman–Crippen MR) is 63.5 cm³/mol. The zero-order valence-corrected chi connectivity index (χ0v) is 10.2. The van der Waals surface area contributed by atoms with Gasteiger partial charge >= 0.3 is 5.97 Å². The largest absolute Gasteiger partial charge is 0.507 e. The van der Waals surface area contributed by atoms with Crippen molar-refractivity contribution in [2.45, 2.75) is 13.3 Å². The summed E-state index contributed by atoms with van der Waals surface area (Å²) in [7, 11) is 0. The summed E-state index contributed by atoms with van der Waals surface area (Å²) in [6.07, 6.45) is 0.00600. The third-order valence-electron chi connectivity index (χ3n) is 2.14. The van der Waals surface area contributed by atoms with Crippen molar-refractivity contribution in [1.82, 2.24) is 0 Å². The van der Waals surface area contributed by atoms with E-state index in [2.05, 4.69) is 0 Å². The van der Waals surface area contributed by atoms with Crippen LogP contribution in [0.2, 0.25) is 0 Å². The van der Waals surface area contributed by atoms with Crippen molar-refractivity contribution in [2.24, 2.45) is 0 Å². The summed E-state index contributed by atoms with van der Waals surface area (Å²) in [5.41, 5.74) is 0.460. The van der Waals surface area contributed by atoms with Gasteiger partial charge in [-0.1, -0.05) is 12.1 Å². The van der Waals surface area contributed by atoms with Crippen LogP contribution < -0.4 is 0 Å². The number of carbonyl (C=O) groups is 2. The zero-order chi connectivity index (χ0) is 12.8. The number of esters is 1. The molecule has 0 aliphatic carbocycles. The Balaban J connectivity index is 3.08. The summed E-state index contributed by atoms with van der Waals surface area (Å²) < 4.78 is 4.82. The lowest BCUT2D eigenvalue weighted by Gasteiger charge is -2.09. The van der Waals surface area contributed by atoms with Crippen LogP contribution in [-0.2, 0) is 16.0 Å². The SMILES string of the molecule is CCOC(=O)c1c(O)cccc1CC(=O)CCl. The Morgan fingerprint density at radius 1 is 1.41 bits per heavy atom. The van der Waals surface area contributed by atoms with Gasteiger partial charge in [-0.15, -0.1) is 11.6 Å². The molecule has 0 unspecified atom stereocenters. The number of Topliss-reactive ketones (excluding diaryl/α,β-unsaturated/α-hetero) is 1. The van der Waals surface area contributed by atoms with Crippen LogP contribution in [-0.4, -0.2) is 29.3 Å². The molecule has 1 aromatic carbocycles. The van der Waals surface area contributed by atoms with Crippen LogP contribution in [0, 0.1) is 0 Å². The Bertz CT molecular complexity index is 429. The highest BCUT2D eigenvalue weighted by Gasteiger charge is 2.18. The maximum atomic E-state index is 11.6.